The summed E-state index contributed by atoms with van der Waals surface area (Å²) in [5, 5.41) is 2.85. The lowest BCUT2D eigenvalue weighted by Gasteiger charge is -2.30. The number of amides is 2. The van der Waals surface area contributed by atoms with Crippen molar-refractivity contribution in [2.75, 3.05) is 51.1 Å². The average molecular weight is 534 g/mol. The summed E-state index contributed by atoms with van der Waals surface area (Å²) in [6.07, 6.45) is 3.28. The molecule has 9 nitrogen and oxygen atoms in total. The molecule has 4 rings (SSSR count). The third-order valence-corrected chi connectivity index (χ3v) is 9.25. The summed E-state index contributed by atoms with van der Waals surface area (Å²) in [6.45, 7) is 1.20. The summed E-state index contributed by atoms with van der Waals surface area (Å²) in [4.78, 5) is 27.8. The molecule has 1 saturated heterocycles. The van der Waals surface area contributed by atoms with E-state index in [1.165, 1.54) is 27.0 Å². The van der Waals surface area contributed by atoms with Gasteiger partial charge in [-0.3, -0.25) is 9.59 Å². The fourth-order valence-corrected chi connectivity index (χ4v) is 6.81. The van der Waals surface area contributed by atoms with E-state index in [0.717, 1.165) is 29.7 Å². The van der Waals surface area contributed by atoms with E-state index in [-0.39, 0.29) is 29.0 Å². The predicted molar refractivity (Wildman–Crippen MR) is 138 cm³/mol. The molecule has 0 atom stereocenters. The second-order valence-corrected chi connectivity index (χ2v) is 11.6. The third kappa shape index (κ3) is 5.79. The number of methoxy groups -OCH3 is 2. The van der Waals surface area contributed by atoms with Crippen molar-refractivity contribution >= 4 is 39.3 Å². The van der Waals surface area contributed by atoms with Crippen LogP contribution in [0.5, 0.6) is 11.5 Å². The highest BCUT2D eigenvalue weighted by Crippen LogP contribution is 2.37. The molecule has 36 heavy (non-hydrogen) atoms. The number of carbonyl (C=O) groups excluding carboxylic acids is 2. The Labute approximate surface area is 216 Å². The van der Waals surface area contributed by atoms with Gasteiger partial charge in [-0.25, -0.2) is 8.42 Å². The molecule has 2 amide bonds. The van der Waals surface area contributed by atoms with Gasteiger partial charge in [0.1, 0.15) is 6.54 Å². The molecule has 2 aliphatic heterocycles. The summed E-state index contributed by atoms with van der Waals surface area (Å²) in [5.74, 6) is 0.905. The zero-order valence-electron chi connectivity index (χ0n) is 20.5. The van der Waals surface area contributed by atoms with Gasteiger partial charge >= 0.3 is 0 Å². The average Bonchev–Trinajstić information content (AvgIpc) is 2.90. The number of piperidine rings is 1. The van der Waals surface area contributed by atoms with Gasteiger partial charge in [0.25, 0.3) is 0 Å². The Morgan fingerprint density at radius 3 is 2.50 bits per heavy atom. The lowest BCUT2D eigenvalue weighted by Crippen LogP contribution is -2.44. The summed E-state index contributed by atoms with van der Waals surface area (Å²) < 4.78 is 38.4. The first-order valence-corrected chi connectivity index (χ1v) is 14.3. The largest absolute Gasteiger partial charge is 0.493 e. The van der Waals surface area contributed by atoms with Crippen LogP contribution < -0.4 is 19.7 Å². The van der Waals surface area contributed by atoms with E-state index in [1.54, 1.807) is 26.4 Å². The molecule has 0 unspecified atom stereocenters. The summed E-state index contributed by atoms with van der Waals surface area (Å²) >= 11 is 1.35. The number of nitrogens with one attached hydrogen (secondary N) is 1. The van der Waals surface area contributed by atoms with Crippen LogP contribution in [0.1, 0.15) is 24.8 Å². The molecular weight excluding hydrogens is 502 g/mol. The highest BCUT2D eigenvalue weighted by atomic mass is 32.2. The Kier molecular flexibility index (Phi) is 8.43. The van der Waals surface area contributed by atoms with Crippen molar-refractivity contribution in [3.63, 3.8) is 0 Å². The van der Waals surface area contributed by atoms with E-state index in [2.05, 4.69) is 5.32 Å². The lowest BCUT2D eigenvalue weighted by atomic mass is 10.1. The number of hydrogen-bond donors (Lipinski definition) is 1. The molecule has 1 N–H and O–H groups in total. The number of nitrogens with zero attached hydrogens (tertiary/aromatic N) is 2. The van der Waals surface area contributed by atoms with E-state index < -0.39 is 10.0 Å². The van der Waals surface area contributed by atoms with Crippen LogP contribution >= 0.6 is 11.8 Å². The quantitative estimate of drug-likeness (QED) is 0.528. The highest BCUT2D eigenvalue weighted by Gasteiger charge is 2.31. The molecule has 194 valence electrons. The fourth-order valence-electron chi connectivity index (χ4n) is 4.35. The van der Waals surface area contributed by atoms with Crippen LogP contribution in [-0.4, -0.2) is 70.7 Å². The first-order valence-electron chi connectivity index (χ1n) is 11.9. The predicted octanol–water partition coefficient (Wildman–Crippen LogP) is 2.68. The minimum absolute atomic E-state index is 0.150. The van der Waals surface area contributed by atoms with Gasteiger partial charge in [0.05, 0.1) is 30.6 Å². The SMILES string of the molecule is COc1ccc(CCNC(=O)CN2C(=O)CSc3ccc(S(=O)(=O)N4CCCCC4)cc32)cc1OC. The van der Waals surface area contributed by atoms with Gasteiger partial charge in [-0.15, -0.1) is 11.8 Å². The summed E-state index contributed by atoms with van der Waals surface area (Å²) in [5.41, 5.74) is 1.43. The Balaban J connectivity index is 1.43. The molecule has 11 heteroatoms. The normalized spacial score (nSPS) is 16.4. The van der Waals surface area contributed by atoms with Crippen LogP contribution in [0.2, 0.25) is 0 Å². The molecular formula is C25H31N3O6S2. The number of rotatable bonds is 9. The van der Waals surface area contributed by atoms with Crippen molar-refractivity contribution < 1.29 is 27.5 Å². The van der Waals surface area contributed by atoms with Gasteiger partial charge in [0.2, 0.25) is 21.8 Å². The van der Waals surface area contributed by atoms with E-state index >= 15 is 0 Å². The Bertz CT molecular complexity index is 1230. The van der Waals surface area contributed by atoms with Crippen molar-refractivity contribution in [2.45, 2.75) is 35.5 Å². The molecule has 1 fully saturated rings. The minimum atomic E-state index is -3.65. The van der Waals surface area contributed by atoms with Crippen molar-refractivity contribution in [1.82, 2.24) is 9.62 Å². The van der Waals surface area contributed by atoms with Crippen molar-refractivity contribution in [2.24, 2.45) is 0 Å². The third-order valence-electron chi connectivity index (χ3n) is 6.31. The smallest absolute Gasteiger partial charge is 0.243 e. The first-order chi connectivity index (χ1) is 17.3. The van der Waals surface area contributed by atoms with Crippen LogP contribution in [0.25, 0.3) is 0 Å². The van der Waals surface area contributed by atoms with E-state index in [0.29, 0.717) is 43.2 Å². The number of hydrogen-bond acceptors (Lipinski definition) is 7. The second-order valence-electron chi connectivity index (χ2n) is 8.65. The molecule has 0 saturated carbocycles. The van der Waals surface area contributed by atoms with Crippen LogP contribution in [0.3, 0.4) is 0 Å². The molecule has 2 aliphatic rings. The Morgan fingerprint density at radius 2 is 1.78 bits per heavy atom. The number of carbonyl (C=O) groups is 2. The van der Waals surface area contributed by atoms with Gasteiger partial charge in [-0.05, 0) is 55.2 Å². The van der Waals surface area contributed by atoms with Gasteiger partial charge in [-0.2, -0.15) is 4.31 Å². The number of ether oxygens (including phenoxy) is 2. The van der Waals surface area contributed by atoms with Gasteiger partial charge in [0, 0.05) is 24.5 Å². The van der Waals surface area contributed by atoms with Gasteiger partial charge in [-0.1, -0.05) is 12.5 Å². The molecule has 0 bridgehead atoms. The van der Waals surface area contributed by atoms with Crippen LogP contribution in [0.15, 0.2) is 46.2 Å². The minimum Gasteiger partial charge on any atom is -0.493 e. The maximum Gasteiger partial charge on any atom is 0.243 e. The number of benzene rings is 2. The van der Waals surface area contributed by atoms with Crippen molar-refractivity contribution in [3.8, 4) is 11.5 Å². The van der Waals surface area contributed by atoms with E-state index in [4.69, 9.17) is 9.47 Å². The zero-order valence-corrected chi connectivity index (χ0v) is 22.1. The number of anilines is 1. The summed E-state index contributed by atoms with van der Waals surface area (Å²) in [7, 11) is -0.515. The molecule has 0 aromatic heterocycles. The second kappa shape index (κ2) is 11.5. The van der Waals surface area contributed by atoms with Crippen LogP contribution in [-0.2, 0) is 26.0 Å². The lowest BCUT2D eigenvalue weighted by molar-refractivity contribution is -0.122. The number of fused-ring (bicyclic) bond motifs is 1. The molecule has 2 heterocycles. The van der Waals surface area contributed by atoms with E-state index in [9.17, 15) is 18.0 Å². The van der Waals surface area contributed by atoms with Gasteiger partial charge in [0.15, 0.2) is 11.5 Å². The zero-order chi connectivity index (χ0) is 25.7. The molecule has 2 aromatic rings. The molecule has 0 aliphatic carbocycles. The number of thioether (sulfide) groups is 1. The molecule has 0 spiro atoms. The first kappa shape index (κ1) is 26.3. The molecule has 2 aromatic carbocycles. The maximum absolute atomic E-state index is 13.2. The topological polar surface area (TPSA) is 105 Å². The number of sulfonamides is 1. The summed E-state index contributed by atoms with van der Waals surface area (Å²) in [6, 6.07) is 10.4. The standard InChI is InChI=1S/C25H31N3O6S2/c1-33-21-8-6-18(14-22(21)34-2)10-11-26-24(29)16-28-20-15-19(7-9-23(20)35-17-25(28)30)36(31,32)27-12-4-3-5-13-27/h6-9,14-15H,3-5,10-13,16-17H2,1-2H3,(H,26,29). The highest BCUT2D eigenvalue weighted by molar-refractivity contribution is 8.00. The Hall–Kier alpha value is -2.76. The monoisotopic (exact) mass is 533 g/mol. The van der Waals surface area contributed by atoms with Crippen LogP contribution in [0.4, 0.5) is 5.69 Å². The Morgan fingerprint density at radius 1 is 1.03 bits per heavy atom. The van der Waals surface area contributed by atoms with Crippen LogP contribution in [0, 0.1) is 0 Å². The van der Waals surface area contributed by atoms with Gasteiger partial charge < -0.3 is 19.7 Å². The fraction of sp³-hybridized carbons (Fsp3) is 0.440. The molecule has 0 radical (unpaired) electrons. The van der Waals surface area contributed by atoms with Crippen molar-refractivity contribution in [3.05, 3.63) is 42.0 Å². The van der Waals surface area contributed by atoms with Crippen molar-refractivity contribution in [1.29, 1.82) is 0 Å². The van der Waals surface area contributed by atoms with E-state index in [1.807, 2.05) is 18.2 Å². The maximum atomic E-state index is 13.2.